The van der Waals surface area contributed by atoms with Gasteiger partial charge in [-0.25, -0.2) is 9.59 Å². The average molecular weight is 271 g/mol. The molecule has 0 aliphatic heterocycles. The van der Waals surface area contributed by atoms with Crippen LogP contribution in [0, 0.1) is 0 Å². The Kier molecular flexibility index (Phi) is 9.12. The first-order valence-corrected chi connectivity index (χ1v) is 6.23. The molecule has 0 spiro atoms. The first-order valence-electron chi connectivity index (χ1n) is 6.23. The summed E-state index contributed by atoms with van der Waals surface area (Å²) in [7, 11) is 0. The van der Waals surface area contributed by atoms with Gasteiger partial charge in [0.1, 0.15) is 18.4 Å². The zero-order valence-electron chi connectivity index (χ0n) is 11.2. The lowest BCUT2D eigenvalue weighted by molar-refractivity contribution is -0.139. The van der Waals surface area contributed by atoms with E-state index in [2.05, 4.69) is 16.6 Å². The highest BCUT2D eigenvalue weighted by Crippen LogP contribution is 2.07. The van der Waals surface area contributed by atoms with Crippen LogP contribution >= 0.6 is 0 Å². The van der Waals surface area contributed by atoms with Gasteiger partial charge in [0.25, 0.3) is 0 Å². The minimum Gasteiger partial charge on any atom is -0.480 e. The topological polar surface area (TPSA) is 92.7 Å². The number of aliphatic carboxylic acids is 1. The summed E-state index contributed by atoms with van der Waals surface area (Å²) in [5.41, 5.74) is 0. The summed E-state index contributed by atoms with van der Waals surface area (Å²) < 4.78 is 4.65. The van der Waals surface area contributed by atoms with Gasteiger partial charge in [-0.15, -0.1) is 0 Å². The molecule has 0 saturated carbocycles. The molecule has 0 aliphatic rings. The van der Waals surface area contributed by atoms with E-state index in [9.17, 15) is 14.4 Å². The maximum Gasteiger partial charge on any atom is 0.408 e. The second-order valence-corrected chi connectivity index (χ2v) is 4.22. The molecule has 1 atom stereocenters. The number of carboxylic acids is 1. The maximum absolute atomic E-state index is 11.2. The van der Waals surface area contributed by atoms with E-state index < -0.39 is 18.1 Å². The maximum atomic E-state index is 11.2. The fourth-order valence-corrected chi connectivity index (χ4v) is 1.48. The molecule has 0 rings (SSSR count). The molecule has 19 heavy (non-hydrogen) atoms. The van der Waals surface area contributed by atoms with Crippen molar-refractivity contribution in [2.24, 2.45) is 0 Å². The van der Waals surface area contributed by atoms with Crippen molar-refractivity contribution in [3.8, 4) is 0 Å². The third kappa shape index (κ3) is 9.82. The molecule has 1 unspecified atom stereocenters. The molecule has 0 aliphatic carbocycles. The number of carbonyl (C=O) groups is 3. The highest BCUT2D eigenvalue weighted by molar-refractivity contribution is 5.79. The molecule has 0 radical (unpaired) electrons. The van der Waals surface area contributed by atoms with Crippen molar-refractivity contribution in [3.63, 3.8) is 0 Å². The molecule has 0 fully saturated rings. The van der Waals surface area contributed by atoms with Gasteiger partial charge >= 0.3 is 12.1 Å². The molecule has 0 saturated heterocycles. The van der Waals surface area contributed by atoms with Crippen LogP contribution in [0.2, 0.25) is 0 Å². The monoisotopic (exact) mass is 271 g/mol. The zero-order chi connectivity index (χ0) is 14.7. The number of alkyl carbamates (subject to hydrolysis) is 1. The SMILES string of the molecule is C=CCOC(=O)NC(CCCCCC(C)=O)C(=O)O. The third-order valence-corrected chi connectivity index (χ3v) is 2.44. The molecule has 0 bridgehead atoms. The normalized spacial score (nSPS) is 11.4. The average Bonchev–Trinajstić information content (AvgIpc) is 2.33. The standard InChI is InChI=1S/C13H21NO5/c1-3-9-19-13(18)14-11(12(16)17)8-6-4-5-7-10(2)15/h3,11H,1,4-9H2,2H3,(H,14,18)(H,16,17). The number of unbranched alkanes of at least 4 members (excludes halogenated alkanes) is 2. The first-order chi connectivity index (χ1) is 8.97. The fourth-order valence-electron chi connectivity index (χ4n) is 1.48. The summed E-state index contributed by atoms with van der Waals surface area (Å²) in [6.45, 7) is 4.95. The third-order valence-electron chi connectivity index (χ3n) is 2.44. The van der Waals surface area contributed by atoms with Gasteiger partial charge in [-0.2, -0.15) is 0 Å². The molecule has 0 aromatic rings. The lowest BCUT2D eigenvalue weighted by Gasteiger charge is -2.13. The number of carboxylic acid groups (broad SMARTS) is 1. The lowest BCUT2D eigenvalue weighted by atomic mass is 10.1. The Morgan fingerprint density at radius 3 is 2.53 bits per heavy atom. The molecule has 108 valence electrons. The van der Waals surface area contributed by atoms with Crippen molar-refractivity contribution in [3.05, 3.63) is 12.7 Å². The number of amides is 1. The molecule has 0 heterocycles. The van der Waals surface area contributed by atoms with Crippen LogP contribution in [-0.4, -0.2) is 35.6 Å². The molecule has 0 aromatic carbocycles. The van der Waals surface area contributed by atoms with Crippen LogP contribution in [-0.2, 0) is 14.3 Å². The van der Waals surface area contributed by atoms with Gasteiger partial charge in [0.15, 0.2) is 0 Å². The summed E-state index contributed by atoms with van der Waals surface area (Å²) >= 11 is 0. The zero-order valence-corrected chi connectivity index (χ0v) is 11.2. The predicted octanol–water partition coefficient (Wildman–Crippen LogP) is 1.89. The van der Waals surface area contributed by atoms with Crippen LogP contribution in [0.3, 0.4) is 0 Å². The molecule has 1 amide bonds. The van der Waals surface area contributed by atoms with Crippen LogP contribution < -0.4 is 5.32 Å². The number of hydrogen-bond donors (Lipinski definition) is 2. The number of carbonyl (C=O) groups excluding carboxylic acids is 2. The van der Waals surface area contributed by atoms with Gasteiger partial charge in [0.2, 0.25) is 0 Å². The Labute approximate surface area is 112 Å². The highest BCUT2D eigenvalue weighted by Gasteiger charge is 2.19. The quantitative estimate of drug-likeness (QED) is 0.467. The molecular formula is C13H21NO5. The number of Topliss-reactive ketones (excluding diaryl/α,β-unsaturated/α-hetero) is 1. The second kappa shape index (κ2) is 10.1. The highest BCUT2D eigenvalue weighted by atomic mass is 16.5. The minimum atomic E-state index is -1.10. The number of rotatable bonds is 10. The fraction of sp³-hybridized carbons (Fsp3) is 0.615. The van der Waals surface area contributed by atoms with Crippen molar-refractivity contribution in [1.82, 2.24) is 5.32 Å². The lowest BCUT2D eigenvalue weighted by Crippen LogP contribution is -2.41. The summed E-state index contributed by atoms with van der Waals surface area (Å²) in [6.07, 6.45) is 3.58. The van der Waals surface area contributed by atoms with E-state index in [0.29, 0.717) is 19.3 Å². The molecule has 0 aromatic heterocycles. The van der Waals surface area contributed by atoms with E-state index in [0.717, 1.165) is 12.8 Å². The van der Waals surface area contributed by atoms with Gasteiger partial charge in [0, 0.05) is 6.42 Å². The number of hydrogen-bond acceptors (Lipinski definition) is 4. The Balaban J connectivity index is 3.92. The largest absolute Gasteiger partial charge is 0.480 e. The van der Waals surface area contributed by atoms with Crippen molar-refractivity contribution in [2.45, 2.75) is 45.1 Å². The summed E-state index contributed by atoms with van der Waals surface area (Å²) in [5.74, 6) is -0.969. The summed E-state index contributed by atoms with van der Waals surface area (Å²) in [4.78, 5) is 32.9. The smallest absolute Gasteiger partial charge is 0.408 e. The molecule has 6 heteroatoms. The Morgan fingerprint density at radius 2 is 2.00 bits per heavy atom. The molecule has 2 N–H and O–H groups in total. The van der Waals surface area contributed by atoms with Gasteiger partial charge in [-0.05, 0) is 19.8 Å². The summed E-state index contributed by atoms with van der Waals surface area (Å²) in [5, 5.41) is 11.2. The molecule has 6 nitrogen and oxygen atoms in total. The van der Waals surface area contributed by atoms with Crippen molar-refractivity contribution < 1.29 is 24.2 Å². The van der Waals surface area contributed by atoms with E-state index in [1.165, 1.54) is 13.0 Å². The van der Waals surface area contributed by atoms with Crippen LogP contribution in [0.1, 0.15) is 39.0 Å². The second-order valence-electron chi connectivity index (χ2n) is 4.22. The Morgan fingerprint density at radius 1 is 1.32 bits per heavy atom. The first kappa shape index (κ1) is 17.2. The Bertz CT molecular complexity index is 327. The summed E-state index contributed by atoms with van der Waals surface area (Å²) in [6, 6.07) is -0.963. The van der Waals surface area contributed by atoms with Gasteiger partial charge < -0.3 is 20.0 Å². The van der Waals surface area contributed by atoms with Crippen LogP contribution in [0.15, 0.2) is 12.7 Å². The van der Waals surface area contributed by atoms with Gasteiger partial charge in [-0.3, -0.25) is 0 Å². The molecular weight excluding hydrogens is 250 g/mol. The van der Waals surface area contributed by atoms with Crippen molar-refractivity contribution in [1.29, 1.82) is 0 Å². The van der Waals surface area contributed by atoms with Crippen molar-refractivity contribution >= 4 is 17.8 Å². The van der Waals surface area contributed by atoms with Crippen LogP contribution in [0.5, 0.6) is 0 Å². The van der Waals surface area contributed by atoms with E-state index in [4.69, 9.17) is 5.11 Å². The van der Waals surface area contributed by atoms with E-state index >= 15 is 0 Å². The van der Waals surface area contributed by atoms with Crippen LogP contribution in [0.4, 0.5) is 4.79 Å². The number of ketones is 1. The Hall–Kier alpha value is -1.85. The van der Waals surface area contributed by atoms with E-state index in [1.54, 1.807) is 0 Å². The van der Waals surface area contributed by atoms with E-state index in [1.807, 2.05) is 0 Å². The number of nitrogens with one attached hydrogen (secondary N) is 1. The number of ether oxygens (including phenoxy) is 1. The van der Waals surface area contributed by atoms with Crippen LogP contribution in [0.25, 0.3) is 0 Å². The van der Waals surface area contributed by atoms with Gasteiger partial charge in [0.05, 0.1) is 0 Å². The van der Waals surface area contributed by atoms with Gasteiger partial charge in [-0.1, -0.05) is 25.5 Å². The predicted molar refractivity (Wildman–Crippen MR) is 69.9 cm³/mol. The van der Waals surface area contributed by atoms with Crippen molar-refractivity contribution in [2.75, 3.05) is 6.61 Å². The van der Waals surface area contributed by atoms with E-state index in [-0.39, 0.29) is 12.4 Å². The minimum absolute atomic E-state index is 0.0385.